The Morgan fingerprint density at radius 3 is 2.42 bits per heavy atom. The van der Waals surface area contributed by atoms with E-state index in [0.29, 0.717) is 5.92 Å². The average Bonchev–Trinajstić information content (AvgIpc) is 2.39. The van der Waals surface area contributed by atoms with Crippen molar-refractivity contribution < 1.29 is 4.74 Å². The number of ether oxygens (including phenoxy) is 1. The predicted octanol–water partition coefficient (Wildman–Crippen LogP) is 5.31. The van der Waals surface area contributed by atoms with Gasteiger partial charge in [0.2, 0.25) is 0 Å². The van der Waals surface area contributed by atoms with Crippen LogP contribution in [0.5, 0.6) is 5.75 Å². The third-order valence-electron chi connectivity index (χ3n) is 3.53. The van der Waals surface area contributed by atoms with E-state index in [2.05, 4.69) is 6.92 Å². The van der Waals surface area contributed by atoms with Crippen molar-refractivity contribution in [2.24, 2.45) is 5.92 Å². The molecule has 2 aromatic carbocycles. The fourth-order valence-corrected chi connectivity index (χ4v) is 2.90. The SMILES string of the molecule is C[C@H]1Cc2cc(Cl)ccc2O[C@@H]1c1ccc(Cl)cc1. The zero-order valence-corrected chi connectivity index (χ0v) is 12.1. The van der Waals surface area contributed by atoms with E-state index in [-0.39, 0.29) is 6.10 Å². The molecule has 1 heterocycles. The van der Waals surface area contributed by atoms with Gasteiger partial charge in [-0.15, -0.1) is 0 Å². The smallest absolute Gasteiger partial charge is 0.127 e. The van der Waals surface area contributed by atoms with Crippen molar-refractivity contribution in [2.75, 3.05) is 0 Å². The Labute approximate surface area is 123 Å². The van der Waals surface area contributed by atoms with Crippen LogP contribution in [-0.4, -0.2) is 0 Å². The quantitative estimate of drug-likeness (QED) is 0.692. The van der Waals surface area contributed by atoms with E-state index in [1.54, 1.807) is 0 Å². The molecule has 1 nitrogen and oxygen atoms in total. The van der Waals surface area contributed by atoms with Gasteiger partial charge in [0.1, 0.15) is 11.9 Å². The molecule has 0 saturated heterocycles. The van der Waals surface area contributed by atoms with Crippen molar-refractivity contribution in [3.05, 3.63) is 63.6 Å². The van der Waals surface area contributed by atoms with Crippen LogP contribution in [0.25, 0.3) is 0 Å². The zero-order valence-electron chi connectivity index (χ0n) is 10.6. The highest BCUT2D eigenvalue weighted by Gasteiger charge is 2.28. The highest BCUT2D eigenvalue weighted by atomic mass is 35.5. The van der Waals surface area contributed by atoms with Crippen LogP contribution in [0, 0.1) is 5.92 Å². The molecule has 1 aliphatic rings. The molecule has 19 heavy (non-hydrogen) atoms. The second-order valence-corrected chi connectivity index (χ2v) is 5.90. The molecule has 0 saturated carbocycles. The molecule has 0 amide bonds. The van der Waals surface area contributed by atoms with Crippen molar-refractivity contribution >= 4 is 23.2 Å². The van der Waals surface area contributed by atoms with Crippen molar-refractivity contribution in [1.29, 1.82) is 0 Å². The van der Waals surface area contributed by atoms with Crippen LogP contribution >= 0.6 is 23.2 Å². The lowest BCUT2D eigenvalue weighted by molar-refractivity contribution is 0.123. The second-order valence-electron chi connectivity index (χ2n) is 5.02. The number of rotatable bonds is 1. The Balaban J connectivity index is 1.93. The Morgan fingerprint density at radius 2 is 1.68 bits per heavy atom. The number of hydrogen-bond acceptors (Lipinski definition) is 1. The summed E-state index contributed by atoms with van der Waals surface area (Å²) in [4.78, 5) is 0. The summed E-state index contributed by atoms with van der Waals surface area (Å²) in [7, 11) is 0. The van der Waals surface area contributed by atoms with Gasteiger partial charge in [-0.25, -0.2) is 0 Å². The first kappa shape index (κ1) is 12.8. The van der Waals surface area contributed by atoms with Gasteiger partial charge in [-0.05, 0) is 47.9 Å². The summed E-state index contributed by atoms with van der Waals surface area (Å²) >= 11 is 12.0. The van der Waals surface area contributed by atoms with Crippen LogP contribution < -0.4 is 4.74 Å². The van der Waals surface area contributed by atoms with E-state index in [1.807, 2.05) is 42.5 Å². The molecule has 0 radical (unpaired) electrons. The first-order valence-corrected chi connectivity index (χ1v) is 7.09. The van der Waals surface area contributed by atoms with Crippen LogP contribution in [0.4, 0.5) is 0 Å². The van der Waals surface area contributed by atoms with Gasteiger partial charge in [-0.3, -0.25) is 0 Å². The van der Waals surface area contributed by atoms with E-state index in [4.69, 9.17) is 27.9 Å². The van der Waals surface area contributed by atoms with Crippen molar-refractivity contribution in [3.63, 3.8) is 0 Å². The van der Waals surface area contributed by atoms with Crippen molar-refractivity contribution in [3.8, 4) is 5.75 Å². The highest BCUT2D eigenvalue weighted by Crippen LogP contribution is 2.39. The maximum atomic E-state index is 6.12. The minimum absolute atomic E-state index is 0.0749. The number of benzene rings is 2. The van der Waals surface area contributed by atoms with Crippen molar-refractivity contribution in [1.82, 2.24) is 0 Å². The van der Waals surface area contributed by atoms with E-state index in [1.165, 1.54) is 5.56 Å². The third kappa shape index (κ3) is 2.58. The fourth-order valence-electron chi connectivity index (χ4n) is 2.58. The van der Waals surface area contributed by atoms with Gasteiger partial charge in [-0.1, -0.05) is 42.3 Å². The van der Waals surface area contributed by atoms with E-state index in [9.17, 15) is 0 Å². The first-order chi connectivity index (χ1) is 9.13. The molecule has 0 bridgehead atoms. The van der Waals surface area contributed by atoms with Gasteiger partial charge < -0.3 is 4.74 Å². The fraction of sp³-hybridized carbons (Fsp3) is 0.250. The highest BCUT2D eigenvalue weighted by molar-refractivity contribution is 6.30. The summed E-state index contributed by atoms with van der Waals surface area (Å²) in [5.74, 6) is 1.34. The summed E-state index contributed by atoms with van der Waals surface area (Å²) in [6.07, 6.45) is 1.05. The molecule has 0 aliphatic carbocycles. The first-order valence-electron chi connectivity index (χ1n) is 6.34. The van der Waals surface area contributed by atoms with Gasteiger partial charge in [-0.2, -0.15) is 0 Å². The van der Waals surface area contributed by atoms with Gasteiger partial charge >= 0.3 is 0 Å². The molecule has 0 spiro atoms. The normalized spacial score (nSPS) is 21.6. The molecule has 3 heteroatoms. The molecule has 98 valence electrons. The molecule has 0 unspecified atom stereocenters. The molecule has 0 N–H and O–H groups in total. The largest absolute Gasteiger partial charge is 0.485 e. The summed E-state index contributed by atoms with van der Waals surface area (Å²) < 4.78 is 6.12. The lowest BCUT2D eigenvalue weighted by Gasteiger charge is -2.32. The maximum absolute atomic E-state index is 6.12. The Hall–Kier alpha value is -1.18. The monoisotopic (exact) mass is 292 g/mol. The van der Waals surface area contributed by atoms with Crippen LogP contribution in [-0.2, 0) is 6.42 Å². The maximum Gasteiger partial charge on any atom is 0.127 e. The lowest BCUT2D eigenvalue weighted by atomic mass is 9.88. The molecule has 0 aromatic heterocycles. The average molecular weight is 293 g/mol. The summed E-state index contributed by atoms with van der Waals surface area (Å²) in [5, 5.41) is 1.51. The van der Waals surface area contributed by atoms with Crippen LogP contribution in [0.2, 0.25) is 10.0 Å². The predicted molar refractivity (Wildman–Crippen MR) is 79.1 cm³/mol. The summed E-state index contributed by atoms with van der Waals surface area (Å²) in [5.41, 5.74) is 2.35. The van der Waals surface area contributed by atoms with E-state index < -0.39 is 0 Å². The van der Waals surface area contributed by atoms with Gasteiger partial charge in [0.15, 0.2) is 0 Å². The van der Waals surface area contributed by atoms with E-state index in [0.717, 1.165) is 27.8 Å². The molecule has 2 atom stereocenters. The van der Waals surface area contributed by atoms with Gasteiger partial charge in [0.05, 0.1) is 0 Å². The van der Waals surface area contributed by atoms with Crippen molar-refractivity contribution in [2.45, 2.75) is 19.4 Å². The van der Waals surface area contributed by atoms with Gasteiger partial charge in [0, 0.05) is 16.0 Å². The van der Waals surface area contributed by atoms with Crippen LogP contribution in [0.1, 0.15) is 24.2 Å². The van der Waals surface area contributed by atoms with Crippen LogP contribution in [0.15, 0.2) is 42.5 Å². The number of fused-ring (bicyclic) bond motifs is 1. The minimum Gasteiger partial charge on any atom is -0.485 e. The summed E-state index contributed by atoms with van der Waals surface area (Å²) in [6.45, 7) is 2.20. The lowest BCUT2D eigenvalue weighted by Crippen LogP contribution is -2.23. The number of hydrogen-bond donors (Lipinski definition) is 0. The van der Waals surface area contributed by atoms with E-state index >= 15 is 0 Å². The molecule has 2 aromatic rings. The second kappa shape index (κ2) is 5.07. The molecular formula is C16H14Cl2O. The van der Waals surface area contributed by atoms with Gasteiger partial charge in [0.25, 0.3) is 0 Å². The zero-order chi connectivity index (χ0) is 13.4. The standard InChI is InChI=1S/C16H14Cl2O/c1-10-8-12-9-14(18)6-7-15(12)19-16(10)11-2-4-13(17)5-3-11/h2-7,9-10,16H,8H2,1H3/t10-,16-/m0/s1. The Morgan fingerprint density at radius 1 is 1.00 bits per heavy atom. The molecule has 3 rings (SSSR count). The number of halogens is 2. The van der Waals surface area contributed by atoms with Crippen LogP contribution in [0.3, 0.4) is 0 Å². The molecule has 1 aliphatic heterocycles. The third-order valence-corrected chi connectivity index (χ3v) is 4.02. The summed E-state index contributed by atoms with van der Waals surface area (Å²) in [6, 6.07) is 13.7. The Bertz CT molecular complexity index is 592. The molecular weight excluding hydrogens is 279 g/mol. The Kier molecular flexibility index (Phi) is 3.42. The topological polar surface area (TPSA) is 9.23 Å². The minimum atomic E-state index is 0.0749. The molecule has 0 fully saturated rings.